The van der Waals surface area contributed by atoms with E-state index in [4.69, 9.17) is 14.6 Å². The van der Waals surface area contributed by atoms with Crippen LogP contribution >= 0.6 is 7.82 Å². The van der Waals surface area contributed by atoms with Crippen LogP contribution in [-0.4, -0.2) is 53.5 Å². The van der Waals surface area contributed by atoms with Gasteiger partial charge in [-0.2, -0.15) is 0 Å². The summed E-state index contributed by atoms with van der Waals surface area (Å²) >= 11 is 0. The van der Waals surface area contributed by atoms with Gasteiger partial charge in [0.1, 0.15) is 18.8 Å². The van der Waals surface area contributed by atoms with Crippen LogP contribution in [0.4, 0.5) is 0 Å². The third-order valence-corrected chi connectivity index (χ3v) is 3.20. The van der Waals surface area contributed by atoms with E-state index in [1.54, 1.807) is 0 Å². The summed E-state index contributed by atoms with van der Waals surface area (Å²) in [5, 5.41) is 8.94. The molecule has 2 N–H and O–H groups in total. The van der Waals surface area contributed by atoms with Gasteiger partial charge >= 0.3 is 19.8 Å². The number of aliphatic hydroxyl groups is 1. The quantitative estimate of drug-likeness (QED) is 0.456. The van der Waals surface area contributed by atoms with Gasteiger partial charge in [-0.25, -0.2) is 14.2 Å². The molecule has 0 heterocycles. The number of hydrogen-bond donors (Lipinski definition) is 2. The van der Waals surface area contributed by atoms with Crippen molar-refractivity contribution >= 4 is 19.8 Å². The maximum Gasteiger partial charge on any atom is 0.472 e. The lowest BCUT2D eigenvalue weighted by Crippen LogP contribution is -2.30. The molecule has 0 aliphatic rings. The van der Waals surface area contributed by atoms with Crippen LogP contribution in [0, 0.1) is 0 Å². The van der Waals surface area contributed by atoms with E-state index in [1.807, 2.05) is 0 Å². The Hall–Kier alpha value is -0.990. The second kappa shape index (κ2) is 9.11. The van der Waals surface area contributed by atoms with E-state index in [0.717, 1.165) is 0 Å². The molecular weight excluding hydrogens is 307 g/mol. The summed E-state index contributed by atoms with van der Waals surface area (Å²) in [5.41, 5.74) is 0. The first kappa shape index (κ1) is 20.0. The van der Waals surface area contributed by atoms with Crippen molar-refractivity contribution in [3.8, 4) is 0 Å². The Balaban J connectivity index is 4.19. The van der Waals surface area contributed by atoms with Gasteiger partial charge in [-0.3, -0.25) is 9.05 Å². The zero-order chi connectivity index (χ0) is 16.6. The maximum atomic E-state index is 11.5. The van der Waals surface area contributed by atoms with Gasteiger partial charge in [-0.15, -0.1) is 0 Å². The lowest BCUT2D eigenvalue weighted by molar-refractivity contribution is -0.166. The molecule has 0 spiro atoms. The first-order valence-corrected chi connectivity index (χ1v) is 7.79. The second-order valence-corrected chi connectivity index (χ2v) is 5.59. The predicted octanol–water partition coefficient (Wildman–Crippen LogP) is 0.384. The highest BCUT2D eigenvalue weighted by atomic mass is 31.2. The van der Waals surface area contributed by atoms with Gasteiger partial charge < -0.3 is 19.5 Å². The first-order chi connectivity index (χ1) is 9.59. The third kappa shape index (κ3) is 8.79. The lowest BCUT2D eigenvalue weighted by Gasteiger charge is -2.18. The molecule has 0 aromatic rings. The topological polar surface area (TPSA) is 129 Å². The molecule has 0 aromatic heterocycles. The monoisotopic (exact) mass is 328 g/mol. The Kier molecular flexibility index (Phi) is 8.68. The van der Waals surface area contributed by atoms with Crippen molar-refractivity contribution in [1.29, 1.82) is 0 Å². The molecule has 0 rings (SSSR count). The first-order valence-electron chi connectivity index (χ1n) is 6.30. The van der Waals surface area contributed by atoms with E-state index in [2.05, 4.69) is 9.05 Å². The number of phosphoric acid groups is 1. The number of phosphoric ester groups is 1. The molecule has 124 valence electrons. The minimum Gasteiger partial charge on any atom is -0.460 e. The summed E-state index contributed by atoms with van der Waals surface area (Å²) in [5.74, 6) is -1.76. The molecule has 4 atom stereocenters. The predicted molar refractivity (Wildman–Crippen MR) is 70.2 cm³/mol. The standard InChI is InChI=1S/C11H21O9P/c1-5-18-21(15,16)20-9(4)11(14)17-6-7(2)19-10(13)8(3)12/h7-9,12H,5-6H2,1-4H3,(H,15,16). The van der Waals surface area contributed by atoms with Gasteiger partial charge in [0.25, 0.3) is 0 Å². The van der Waals surface area contributed by atoms with Gasteiger partial charge in [0.2, 0.25) is 0 Å². The van der Waals surface area contributed by atoms with E-state index in [-0.39, 0.29) is 13.2 Å². The Morgan fingerprint density at radius 3 is 2.24 bits per heavy atom. The Bertz CT molecular complexity index is 395. The van der Waals surface area contributed by atoms with Gasteiger partial charge in [0.15, 0.2) is 6.10 Å². The van der Waals surface area contributed by atoms with E-state index < -0.39 is 38.1 Å². The van der Waals surface area contributed by atoms with Crippen LogP contribution in [0.3, 0.4) is 0 Å². The van der Waals surface area contributed by atoms with Crippen LogP contribution in [0.5, 0.6) is 0 Å². The molecular formula is C11H21O9P. The molecule has 21 heavy (non-hydrogen) atoms. The smallest absolute Gasteiger partial charge is 0.460 e. The number of carbonyl (C=O) groups is 2. The van der Waals surface area contributed by atoms with Gasteiger partial charge in [0, 0.05) is 0 Å². The van der Waals surface area contributed by atoms with Crippen molar-refractivity contribution < 1.29 is 42.7 Å². The molecule has 9 nitrogen and oxygen atoms in total. The molecule has 0 aliphatic heterocycles. The van der Waals surface area contributed by atoms with Crippen LogP contribution in [0.25, 0.3) is 0 Å². The van der Waals surface area contributed by atoms with E-state index in [1.165, 1.54) is 27.7 Å². The fraction of sp³-hybridized carbons (Fsp3) is 0.818. The van der Waals surface area contributed by atoms with Crippen LogP contribution in [0.1, 0.15) is 27.7 Å². The van der Waals surface area contributed by atoms with Crippen LogP contribution in [0.2, 0.25) is 0 Å². The molecule has 0 bridgehead atoms. The van der Waals surface area contributed by atoms with Crippen molar-refractivity contribution in [2.75, 3.05) is 13.2 Å². The highest BCUT2D eigenvalue weighted by molar-refractivity contribution is 7.47. The minimum absolute atomic E-state index is 0.0537. The highest BCUT2D eigenvalue weighted by Crippen LogP contribution is 2.44. The number of aliphatic hydroxyl groups excluding tert-OH is 1. The van der Waals surface area contributed by atoms with Crippen LogP contribution < -0.4 is 0 Å². The van der Waals surface area contributed by atoms with E-state index in [0.29, 0.717) is 0 Å². The molecule has 0 saturated carbocycles. The number of esters is 2. The SMILES string of the molecule is CCOP(=O)(O)OC(C)C(=O)OCC(C)OC(=O)C(C)O. The van der Waals surface area contributed by atoms with Crippen molar-refractivity contribution in [2.24, 2.45) is 0 Å². The number of rotatable bonds is 9. The number of carbonyl (C=O) groups excluding carboxylic acids is 2. The Labute approximate surface area is 122 Å². The molecule has 0 aliphatic carbocycles. The van der Waals surface area contributed by atoms with Crippen molar-refractivity contribution in [3.05, 3.63) is 0 Å². The molecule has 10 heteroatoms. The molecule has 0 fully saturated rings. The van der Waals surface area contributed by atoms with Crippen molar-refractivity contribution in [3.63, 3.8) is 0 Å². The summed E-state index contributed by atoms with van der Waals surface area (Å²) in [6.07, 6.45) is -3.39. The average molecular weight is 328 g/mol. The van der Waals surface area contributed by atoms with Gasteiger partial charge in [-0.1, -0.05) is 0 Å². The van der Waals surface area contributed by atoms with Crippen molar-refractivity contribution in [1.82, 2.24) is 0 Å². The highest BCUT2D eigenvalue weighted by Gasteiger charge is 2.29. The van der Waals surface area contributed by atoms with Gasteiger partial charge in [-0.05, 0) is 27.7 Å². The molecule has 0 saturated heterocycles. The van der Waals surface area contributed by atoms with E-state index >= 15 is 0 Å². The lowest BCUT2D eigenvalue weighted by atomic mass is 10.4. The molecule has 4 unspecified atom stereocenters. The number of ether oxygens (including phenoxy) is 2. The fourth-order valence-electron chi connectivity index (χ4n) is 1.08. The molecule has 0 aromatic carbocycles. The molecule has 0 radical (unpaired) electrons. The van der Waals surface area contributed by atoms with Crippen molar-refractivity contribution in [2.45, 2.75) is 46.0 Å². The van der Waals surface area contributed by atoms with Crippen LogP contribution in [-0.2, 0) is 32.7 Å². The second-order valence-electron chi connectivity index (χ2n) is 4.19. The zero-order valence-corrected chi connectivity index (χ0v) is 13.2. The summed E-state index contributed by atoms with van der Waals surface area (Å²) in [6.45, 7) is 5.07. The average Bonchev–Trinajstić information content (AvgIpc) is 2.34. The minimum atomic E-state index is -4.30. The summed E-state index contributed by atoms with van der Waals surface area (Å²) in [7, 11) is -4.30. The number of hydrogen-bond acceptors (Lipinski definition) is 8. The summed E-state index contributed by atoms with van der Waals surface area (Å²) in [4.78, 5) is 31.8. The van der Waals surface area contributed by atoms with Crippen LogP contribution in [0.15, 0.2) is 0 Å². The summed E-state index contributed by atoms with van der Waals surface area (Å²) in [6, 6.07) is 0. The largest absolute Gasteiger partial charge is 0.472 e. The third-order valence-electron chi connectivity index (χ3n) is 2.03. The Morgan fingerprint density at radius 1 is 1.19 bits per heavy atom. The summed E-state index contributed by atoms with van der Waals surface area (Å²) < 4.78 is 29.8. The van der Waals surface area contributed by atoms with E-state index in [9.17, 15) is 19.0 Å². The zero-order valence-electron chi connectivity index (χ0n) is 12.3. The normalized spacial score (nSPS) is 18.2. The Morgan fingerprint density at radius 2 is 1.76 bits per heavy atom. The molecule has 0 amide bonds. The fourth-order valence-corrected chi connectivity index (χ4v) is 1.96. The maximum absolute atomic E-state index is 11.5. The van der Waals surface area contributed by atoms with Gasteiger partial charge in [0.05, 0.1) is 6.61 Å².